The number of thioether (sulfide) groups is 1. The van der Waals surface area contributed by atoms with Crippen LogP contribution in [0.4, 0.5) is 0 Å². The first-order valence-electron chi connectivity index (χ1n) is 2.51. The Bertz CT molecular complexity index is 96.7. The normalized spacial score (nSPS) is 16.2. The molecular weight excluding hydrogens is 140 g/mol. The van der Waals surface area contributed by atoms with Crippen molar-refractivity contribution in [3.63, 3.8) is 0 Å². The molecule has 0 amide bonds. The lowest BCUT2D eigenvalue weighted by Gasteiger charge is -2.01. The van der Waals surface area contributed by atoms with Crippen LogP contribution in [0.3, 0.4) is 0 Å². The molecule has 0 fully saturated rings. The molecule has 0 aliphatic rings. The van der Waals surface area contributed by atoms with Crippen LogP contribution in [0, 0.1) is 9.81 Å². The standard InChI is InChI=1S/C4H8N2O2S/c1-3(5-7)9-4(2)6-8/h3-4H,1-2H3. The fourth-order valence-electron chi connectivity index (χ4n) is 0.335. The number of rotatable bonds is 4. The Labute approximate surface area is 57.3 Å². The Hall–Kier alpha value is -0.450. The lowest BCUT2D eigenvalue weighted by Crippen LogP contribution is -1.97. The Morgan fingerprint density at radius 2 is 1.44 bits per heavy atom. The van der Waals surface area contributed by atoms with Gasteiger partial charge in [-0.2, -0.15) is 0 Å². The summed E-state index contributed by atoms with van der Waals surface area (Å²) in [7, 11) is 0. The molecule has 9 heavy (non-hydrogen) atoms. The van der Waals surface area contributed by atoms with Gasteiger partial charge in [0.25, 0.3) is 0 Å². The summed E-state index contributed by atoms with van der Waals surface area (Å²) in [5.41, 5.74) is 0. The molecule has 0 aromatic carbocycles. The molecule has 0 saturated carbocycles. The van der Waals surface area contributed by atoms with Crippen LogP contribution in [0.15, 0.2) is 10.4 Å². The van der Waals surface area contributed by atoms with Gasteiger partial charge >= 0.3 is 0 Å². The zero-order chi connectivity index (χ0) is 7.28. The molecule has 2 atom stereocenters. The van der Waals surface area contributed by atoms with Gasteiger partial charge in [-0.25, -0.2) is 0 Å². The van der Waals surface area contributed by atoms with Gasteiger partial charge in [-0.3, -0.25) is 0 Å². The van der Waals surface area contributed by atoms with Crippen LogP contribution in [-0.4, -0.2) is 10.7 Å². The van der Waals surface area contributed by atoms with E-state index in [4.69, 9.17) is 0 Å². The van der Waals surface area contributed by atoms with Crippen molar-refractivity contribution in [2.75, 3.05) is 0 Å². The summed E-state index contributed by atoms with van der Waals surface area (Å²) >= 11 is 1.14. The Morgan fingerprint density at radius 3 is 1.67 bits per heavy atom. The van der Waals surface area contributed by atoms with Crippen molar-refractivity contribution >= 4 is 11.8 Å². The zero-order valence-corrected chi connectivity index (χ0v) is 6.09. The predicted molar refractivity (Wildman–Crippen MR) is 38.1 cm³/mol. The lowest BCUT2D eigenvalue weighted by atomic mass is 10.8. The van der Waals surface area contributed by atoms with E-state index in [0.29, 0.717) is 0 Å². The van der Waals surface area contributed by atoms with Gasteiger partial charge in [0.2, 0.25) is 0 Å². The number of nitroso groups, excluding NO2 is 2. The first-order valence-corrected chi connectivity index (χ1v) is 3.45. The van der Waals surface area contributed by atoms with Gasteiger partial charge in [-0.15, -0.1) is 21.6 Å². The van der Waals surface area contributed by atoms with E-state index in [9.17, 15) is 9.81 Å². The third kappa shape index (κ3) is 4.08. The van der Waals surface area contributed by atoms with Crippen LogP contribution >= 0.6 is 11.8 Å². The minimum atomic E-state index is -0.377. The van der Waals surface area contributed by atoms with E-state index in [2.05, 4.69) is 10.4 Å². The Kier molecular flexibility index (Phi) is 4.21. The molecule has 52 valence electrons. The van der Waals surface area contributed by atoms with Crippen LogP contribution in [0.5, 0.6) is 0 Å². The van der Waals surface area contributed by atoms with E-state index in [1.54, 1.807) is 13.8 Å². The van der Waals surface area contributed by atoms with Crippen molar-refractivity contribution in [3.05, 3.63) is 9.81 Å². The molecule has 0 bridgehead atoms. The van der Waals surface area contributed by atoms with E-state index in [-0.39, 0.29) is 10.7 Å². The molecule has 0 radical (unpaired) electrons. The highest BCUT2D eigenvalue weighted by atomic mass is 32.2. The van der Waals surface area contributed by atoms with Gasteiger partial charge in [0.15, 0.2) is 0 Å². The van der Waals surface area contributed by atoms with Gasteiger partial charge in [0.05, 0.1) is 0 Å². The van der Waals surface area contributed by atoms with E-state index in [1.165, 1.54) is 0 Å². The molecule has 0 rings (SSSR count). The molecule has 4 nitrogen and oxygen atoms in total. The van der Waals surface area contributed by atoms with Crippen molar-refractivity contribution < 1.29 is 0 Å². The summed E-state index contributed by atoms with van der Waals surface area (Å²) in [5, 5.41) is 4.63. The summed E-state index contributed by atoms with van der Waals surface area (Å²) < 4.78 is 0. The molecule has 0 aliphatic heterocycles. The SMILES string of the molecule is CC(N=O)SC(C)N=O. The molecule has 0 aliphatic carbocycles. The van der Waals surface area contributed by atoms with Crippen molar-refractivity contribution in [2.24, 2.45) is 10.4 Å². The molecule has 0 saturated heterocycles. The number of hydrogen-bond acceptors (Lipinski definition) is 5. The summed E-state index contributed by atoms with van der Waals surface area (Å²) in [6.45, 7) is 3.25. The predicted octanol–water partition coefficient (Wildman–Crippen LogP) is 1.94. The van der Waals surface area contributed by atoms with Crippen LogP contribution in [0.2, 0.25) is 0 Å². The van der Waals surface area contributed by atoms with Gasteiger partial charge < -0.3 is 0 Å². The third-order valence-electron chi connectivity index (χ3n) is 0.691. The monoisotopic (exact) mass is 148 g/mol. The zero-order valence-electron chi connectivity index (χ0n) is 5.27. The minimum Gasteiger partial charge on any atom is -0.150 e. The minimum absolute atomic E-state index is 0.377. The molecule has 0 aromatic rings. The van der Waals surface area contributed by atoms with E-state index in [0.717, 1.165) is 11.8 Å². The molecule has 0 heterocycles. The van der Waals surface area contributed by atoms with Gasteiger partial charge in [-0.1, -0.05) is 10.4 Å². The average molecular weight is 148 g/mol. The second kappa shape index (κ2) is 4.43. The van der Waals surface area contributed by atoms with Gasteiger partial charge in [0, 0.05) is 0 Å². The van der Waals surface area contributed by atoms with Crippen molar-refractivity contribution in [2.45, 2.75) is 24.6 Å². The summed E-state index contributed by atoms with van der Waals surface area (Å²) in [4.78, 5) is 19.5. The lowest BCUT2D eigenvalue weighted by molar-refractivity contribution is 0.974. The number of hydrogen-bond donors (Lipinski definition) is 0. The first kappa shape index (κ1) is 8.55. The molecule has 5 heteroatoms. The highest BCUT2D eigenvalue weighted by Gasteiger charge is 2.07. The quantitative estimate of drug-likeness (QED) is 0.572. The van der Waals surface area contributed by atoms with Gasteiger partial charge in [0.1, 0.15) is 10.7 Å². The second-order valence-electron chi connectivity index (χ2n) is 1.55. The highest BCUT2D eigenvalue weighted by Crippen LogP contribution is 2.18. The highest BCUT2D eigenvalue weighted by molar-refractivity contribution is 8.00. The largest absolute Gasteiger partial charge is 0.150 e. The second-order valence-corrected chi connectivity index (χ2v) is 3.18. The summed E-state index contributed by atoms with van der Waals surface area (Å²) in [6, 6.07) is 0. The smallest absolute Gasteiger partial charge is 0.136 e. The third-order valence-corrected chi connectivity index (χ3v) is 1.65. The summed E-state index contributed by atoms with van der Waals surface area (Å²) in [5.74, 6) is 0. The van der Waals surface area contributed by atoms with Crippen molar-refractivity contribution in [1.82, 2.24) is 0 Å². The molecule has 0 N–H and O–H groups in total. The maximum absolute atomic E-state index is 9.74. The molecule has 2 unspecified atom stereocenters. The fraction of sp³-hybridized carbons (Fsp3) is 1.00. The average Bonchev–Trinajstić information content (AvgIpc) is 1.87. The van der Waals surface area contributed by atoms with Gasteiger partial charge in [-0.05, 0) is 13.8 Å². The van der Waals surface area contributed by atoms with E-state index < -0.39 is 0 Å². The van der Waals surface area contributed by atoms with E-state index >= 15 is 0 Å². The molecule has 0 aromatic heterocycles. The van der Waals surface area contributed by atoms with Crippen LogP contribution < -0.4 is 0 Å². The Balaban J connectivity index is 3.45. The number of nitrogens with zero attached hydrogens (tertiary/aromatic N) is 2. The first-order chi connectivity index (χ1) is 4.20. The van der Waals surface area contributed by atoms with Crippen molar-refractivity contribution in [3.8, 4) is 0 Å². The molecule has 0 spiro atoms. The molecular formula is C4H8N2O2S. The van der Waals surface area contributed by atoms with Crippen LogP contribution in [-0.2, 0) is 0 Å². The van der Waals surface area contributed by atoms with Crippen LogP contribution in [0.1, 0.15) is 13.8 Å². The van der Waals surface area contributed by atoms with E-state index in [1.807, 2.05) is 0 Å². The van der Waals surface area contributed by atoms with Crippen LogP contribution in [0.25, 0.3) is 0 Å². The maximum atomic E-state index is 9.74. The maximum Gasteiger partial charge on any atom is 0.136 e. The fourth-order valence-corrected chi connectivity index (χ4v) is 1.00. The topological polar surface area (TPSA) is 58.9 Å². The summed E-state index contributed by atoms with van der Waals surface area (Å²) in [6.07, 6.45) is 0. The van der Waals surface area contributed by atoms with Crippen molar-refractivity contribution in [1.29, 1.82) is 0 Å². The Morgan fingerprint density at radius 1 is 1.11 bits per heavy atom.